The molecule has 0 bridgehead atoms. The summed E-state index contributed by atoms with van der Waals surface area (Å²) in [5, 5.41) is 5.86. The van der Waals surface area contributed by atoms with Gasteiger partial charge in [0.05, 0.1) is 11.1 Å². The van der Waals surface area contributed by atoms with Crippen molar-refractivity contribution in [2.24, 2.45) is 0 Å². The molecule has 1 aliphatic heterocycles. The first-order valence-corrected chi connectivity index (χ1v) is 11.7. The summed E-state index contributed by atoms with van der Waals surface area (Å²) in [5.41, 5.74) is 1.54. The number of pyridine rings is 2. The van der Waals surface area contributed by atoms with Crippen molar-refractivity contribution in [2.45, 2.75) is 0 Å². The Kier molecular flexibility index (Phi) is 6.60. The van der Waals surface area contributed by atoms with Gasteiger partial charge in [0.2, 0.25) is 11.9 Å². The molecule has 0 radical (unpaired) electrons. The molecule has 4 aromatic rings. The standard InChI is InChI=1S/C26H25FN8O2/c1-3-24(37)30-17-6-8-28-23(14-17)35-9-7-22(36)19-16-29-26(32-25(19)35)31-21-5-4-18(15-20(21)27)34-12-10-33(2)11-13-34/h3-9,14-16H,1,10-13H2,2H3,(H,28,30,37)(H,29,31,32). The van der Waals surface area contributed by atoms with Gasteiger partial charge in [-0.1, -0.05) is 6.58 Å². The molecule has 0 aliphatic carbocycles. The molecule has 1 saturated heterocycles. The molecule has 1 aliphatic rings. The number of piperazine rings is 1. The molecule has 10 nitrogen and oxygen atoms in total. The number of rotatable bonds is 6. The number of nitrogens with one attached hydrogen (secondary N) is 2. The Labute approximate surface area is 212 Å². The number of benzene rings is 1. The zero-order chi connectivity index (χ0) is 25.9. The molecule has 11 heteroatoms. The zero-order valence-electron chi connectivity index (χ0n) is 20.2. The summed E-state index contributed by atoms with van der Waals surface area (Å²) in [4.78, 5) is 41.6. The fourth-order valence-corrected chi connectivity index (χ4v) is 4.09. The highest BCUT2D eigenvalue weighted by Gasteiger charge is 2.16. The van der Waals surface area contributed by atoms with Crippen molar-refractivity contribution in [3.8, 4) is 5.82 Å². The van der Waals surface area contributed by atoms with E-state index in [1.807, 2.05) is 6.07 Å². The fraction of sp³-hybridized carbons (Fsp3) is 0.192. The van der Waals surface area contributed by atoms with Crippen molar-refractivity contribution in [3.63, 3.8) is 0 Å². The highest BCUT2D eigenvalue weighted by atomic mass is 19.1. The number of nitrogens with zero attached hydrogens (tertiary/aromatic N) is 6. The van der Waals surface area contributed by atoms with Crippen molar-refractivity contribution in [1.29, 1.82) is 0 Å². The minimum atomic E-state index is -0.432. The zero-order valence-corrected chi connectivity index (χ0v) is 20.2. The molecular formula is C26H25FN8O2. The van der Waals surface area contributed by atoms with E-state index >= 15 is 4.39 Å². The third-order valence-corrected chi connectivity index (χ3v) is 6.15. The van der Waals surface area contributed by atoms with Gasteiger partial charge in [-0.3, -0.25) is 14.2 Å². The van der Waals surface area contributed by atoms with Crippen LogP contribution < -0.4 is 21.0 Å². The van der Waals surface area contributed by atoms with Gasteiger partial charge in [0.25, 0.3) is 0 Å². The lowest BCUT2D eigenvalue weighted by atomic mass is 10.2. The van der Waals surface area contributed by atoms with Gasteiger partial charge < -0.3 is 20.4 Å². The lowest BCUT2D eigenvalue weighted by molar-refractivity contribution is -0.111. The first-order chi connectivity index (χ1) is 17.9. The van der Waals surface area contributed by atoms with E-state index in [9.17, 15) is 9.59 Å². The Morgan fingerprint density at radius 2 is 1.92 bits per heavy atom. The van der Waals surface area contributed by atoms with Gasteiger partial charge in [0.15, 0.2) is 11.1 Å². The van der Waals surface area contributed by atoms with E-state index in [-0.39, 0.29) is 34.0 Å². The predicted octanol–water partition coefficient (Wildman–Crippen LogP) is 2.93. The quantitative estimate of drug-likeness (QED) is 0.389. The number of anilines is 4. The van der Waals surface area contributed by atoms with Gasteiger partial charge >= 0.3 is 0 Å². The van der Waals surface area contributed by atoms with Gasteiger partial charge in [-0.2, -0.15) is 4.98 Å². The fourth-order valence-electron chi connectivity index (χ4n) is 4.09. The molecule has 0 spiro atoms. The summed E-state index contributed by atoms with van der Waals surface area (Å²) in [6.45, 7) is 6.96. The van der Waals surface area contributed by atoms with Gasteiger partial charge in [-0.25, -0.2) is 14.4 Å². The molecule has 37 heavy (non-hydrogen) atoms. The van der Waals surface area contributed by atoms with Crippen molar-refractivity contribution in [1.82, 2.24) is 24.4 Å². The molecule has 1 aromatic carbocycles. The van der Waals surface area contributed by atoms with Crippen LogP contribution in [0.5, 0.6) is 0 Å². The van der Waals surface area contributed by atoms with Crippen LogP contribution in [0.2, 0.25) is 0 Å². The Balaban J connectivity index is 1.46. The lowest BCUT2D eigenvalue weighted by Gasteiger charge is -2.34. The summed E-state index contributed by atoms with van der Waals surface area (Å²) in [7, 11) is 2.07. The van der Waals surface area contributed by atoms with Crippen LogP contribution in [0.4, 0.5) is 27.4 Å². The molecule has 0 atom stereocenters. The number of hydrogen-bond acceptors (Lipinski definition) is 8. The summed E-state index contributed by atoms with van der Waals surface area (Å²) in [5.74, 6) is -0.261. The normalized spacial score (nSPS) is 13.9. The van der Waals surface area contributed by atoms with Crippen molar-refractivity contribution < 1.29 is 9.18 Å². The van der Waals surface area contributed by atoms with Crippen LogP contribution in [0, 0.1) is 5.82 Å². The summed E-state index contributed by atoms with van der Waals surface area (Å²) < 4.78 is 16.6. The Morgan fingerprint density at radius 3 is 2.68 bits per heavy atom. The van der Waals surface area contributed by atoms with E-state index in [1.165, 1.54) is 30.7 Å². The monoisotopic (exact) mass is 500 g/mol. The SMILES string of the molecule is C=CC(=O)Nc1ccnc(-n2ccc(=O)c3cnc(Nc4ccc(N5CCN(C)CC5)cc4F)nc32)c1. The number of amides is 1. The van der Waals surface area contributed by atoms with Crippen molar-refractivity contribution in [2.75, 3.05) is 48.8 Å². The second-order valence-corrected chi connectivity index (χ2v) is 8.66. The molecule has 3 aromatic heterocycles. The highest BCUT2D eigenvalue weighted by molar-refractivity contribution is 5.99. The molecule has 188 valence electrons. The summed E-state index contributed by atoms with van der Waals surface area (Å²) in [6.07, 6.45) is 5.62. The molecule has 5 rings (SSSR count). The smallest absolute Gasteiger partial charge is 0.247 e. The minimum absolute atomic E-state index is 0.120. The number of aromatic nitrogens is 4. The van der Waals surface area contributed by atoms with E-state index in [0.717, 1.165) is 37.9 Å². The molecule has 4 heterocycles. The molecule has 0 unspecified atom stereocenters. The van der Waals surface area contributed by atoms with E-state index in [2.05, 4.69) is 49.0 Å². The third kappa shape index (κ3) is 5.16. The van der Waals surface area contributed by atoms with Crippen LogP contribution in [-0.2, 0) is 4.79 Å². The lowest BCUT2D eigenvalue weighted by Crippen LogP contribution is -2.44. The first-order valence-electron chi connectivity index (χ1n) is 11.7. The van der Waals surface area contributed by atoms with Gasteiger partial charge in [-0.05, 0) is 37.4 Å². The minimum Gasteiger partial charge on any atom is -0.369 e. The summed E-state index contributed by atoms with van der Waals surface area (Å²) >= 11 is 0. The van der Waals surface area contributed by atoms with Crippen LogP contribution in [0.15, 0.2) is 72.4 Å². The molecule has 0 saturated carbocycles. The van der Waals surface area contributed by atoms with Crippen LogP contribution >= 0.6 is 0 Å². The van der Waals surface area contributed by atoms with Crippen LogP contribution in [-0.4, -0.2) is 63.6 Å². The predicted molar refractivity (Wildman–Crippen MR) is 141 cm³/mol. The van der Waals surface area contributed by atoms with E-state index in [4.69, 9.17) is 0 Å². The van der Waals surface area contributed by atoms with Crippen molar-refractivity contribution in [3.05, 3.63) is 83.7 Å². The van der Waals surface area contributed by atoms with E-state index in [1.54, 1.807) is 22.8 Å². The topological polar surface area (TPSA) is 108 Å². The average Bonchev–Trinajstić information content (AvgIpc) is 2.90. The van der Waals surface area contributed by atoms with Crippen LogP contribution in [0.3, 0.4) is 0 Å². The second-order valence-electron chi connectivity index (χ2n) is 8.66. The third-order valence-electron chi connectivity index (χ3n) is 6.15. The number of halogens is 1. The van der Waals surface area contributed by atoms with Crippen molar-refractivity contribution >= 4 is 40.0 Å². The highest BCUT2D eigenvalue weighted by Crippen LogP contribution is 2.25. The number of hydrogen-bond donors (Lipinski definition) is 2. The average molecular weight is 501 g/mol. The van der Waals surface area contributed by atoms with Gasteiger partial charge in [-0.15, -0.1) is 0 Å². The first kappa shape index (κ1) is 24.1. The maximum absolute atomic E-state index is 15.0. The molecule has 1 fully saturated rings. The molecular weight excluding hydrogens is 475 g/mol. The Morgan fingerprint density at radius 1 is 1.11 bits per heavy atom. The Hall–Kier alpha value is -4.64. The number of likely N-dealkylation sites (N-methyl/N-ethyl adjacent to an activating group) is 1. The number of fused-ring (bicyclic) bond motifs is 1. The largest absolute Gasteiger partial charge is 0.369 e. The van der Waals surface area contributed by atoms with Gasteiger partial charge in [0, 0.05) is 68.3 Å². The summed E-state index contributed by atoms with van der Waals surface area (Å²) in [6, 6.07) is 9.66. The maximum Gasteiger partial charge on any atom is 0.247 e. The molecule has 2 N–H and O–H groups in total. The maximum atomic E-state index is 15.0. The van der Waals surface area contributed by atoms with E-state index in [0.29, 0.717) is 11.5 Å². The number of carbonyl (C=O) groups excluding carboxylic acids is 1. The Bertz CT molecular complexity index is 1550. The van der Waals surface area contributed by atoms with Crippen LogP contribution in [0.1, 0.15) is 0 Å². The number of carbonyl (C=O) groups is 1. The van der Waals surface area contributed by atoms with E-state index < -0.39 is 5.82 Å². The molecule has 1 amide bonds. The van der Waals surface area contributed by atoms with Crippen LogP contribution in [0.25, 0.3) is 16.9 Å². The second kappa shape index (κ2) is 10.2. The van der Waals surface area contributed by atoms with Gasteiger partial charge in [0.1, 0.15) is 11.6 Å².